The molecule has 1 aromatic heterocycles. The lowest BCUT2D eigenvalue weighted by Gasteiger charge is -2.09. The monoisotopic (exact) mass is 286 g/mol. The Morgan fingerprint density at radius 2 is 2.17 bits per heavy atom. The number of carboxylic acid groups (broad SMARTS) is 1. The summed E-state index contributed by atoms with van der Waals surface area (Å²) in [6.07, 6.45) is 0. The smallest absolute Gasteiger partial charge is 0.347 e. The number of halogens is 1. The number of carboxylic acids is 1. The molecule has 0 unspecified atom stereocenters. The number of fused-ring (bicyclic) bond motifs is 1. The second-order valence-corrected chi connectivity index (χ2v) is 4.91. The average molecular weight is 287 g/mol. The predicted octanol–water partition coefficient (Wildman–Crippen LogP) is 3.66. The summed E-state index contributed by atoms with van der Waals surface area (Å²) in [5.41, 5.74) is 0. The number of rotatable bonds is 4. The van der Waals surface area contributed by atoms with Crippen LogP contribution in [0.2, 0.25) is 5.02 Å². The molecule has 4 nitrogen and oxygen atoms in total. The number of thiophene rings is 1. The van der Waals surface area contributed by atoms with E-state index in [2.05, 4.69) is 0 Å². The number of benzene rings is 1. The van der Waals surface area contributed by atoms with Crippen molar-refractivity contribution in [3.63, 3.8) is 0 Å². The average Bonchev–Trinajstić information content (AvgIpc) is 2.66. The molecule has 0 amide bonds. The number of hydrogen-bond donors (Lipinski definition) is 1. The van der Waals surface area contributed by atoms with Crippen molar-refractivity contribution < 1.29 is 19.4 Å². The molecule has 96 valence electrons. The van der Waals surface area contributed by atoms with Crippen molar-refractivity contribution in [2.75, 3.05) is 13.7 Å². The van der Waals surface area contributed by atoms with Crippen LogP contribution in [0.4, 0.5) is 0 Å². The van der Waals surface area contributed by atoms with E-state index in [0.29, 0.717) is 23.5 Å². The highest BCUT2D eigenvalue weighted by Crippen LogP contribution is 2.41. The van der Waals surface area contributed by atoms with Gasteiger partial charge in [-0.05, 0) is 13.0 Å². The summed E-state index contributed by atoms with van der Waals surface area (Å²) in [5, 5.41) is 9.94. The fourth-order valence-electron chi connectivity index (χ4n) is 1.64. The van der Waals surface area contributed by atoms with Crippen molar-refractivity contribution in [1.82, 2.24) is 0 Å². The van der Waals surface area contributed by atoms with Crippen molar-refractivity contribution >= 4 is 39.0 Å². The summed E-state index contributed by atoms with van der Waals surface area (Å²) in [5.74, 6) is 0.0986. The molecule has 0 atom stereocenters. The summed E-state index contributed by atoms with van der Waals surface area (Å²) >= 11 is 7.17. The van der Waals surface area contributed by atoms with Crippen LogP contribution in [-0.4, -0.2) is 24.8 Å². The maximum Gasteiger partial charge on any atom is 0.347 e. The van der Waals surface area contributed by atoms with E-state index in [-0.39, 0.29) is 9.90 Å². The maximum atomic E-state index is 11.0. The van der Waals surface area contributed by atoms with Crippen LogP contribution in [0.1, 0.15) is 16.6 Å². The van der Waals surface area contributed by atoms with Crippen molar-refractivity contribution in [2.24, 2.45) is 0 Å². The minimum atomic E-state index is -1.03. The quantitative estimate of drug-likeness (QED) is 0.932. The highest BCUT2D eigenvalue weighted by Gasteiger charge is 2.18. The number of ether oxygens (including phenoxy) is 2. The van der Waals surface area contributed by atoms with E-state index in [1.165, 1.54) is 7.11 Å². The molecule has 2 aromatic rings. The minimum absolute atomic E-state index is 0.127. The SMILES string of the molecule is CCOc1cc2sc(C(=O)O)c(Cl)c2cc1OC. The first-order chi connectivity index (χ1) is 8.58. The standard InChI is InChI=1S/C12H11ClO4S/c1-3-17-8-5-9-6(4-7(8)16-2)10(13)11(18-9)12(14)15/h4-5H,3H2,1-2H3,(H,14,15). The first-order valence-electron chi connectivity index (χ1n) is 5.24. The highest BCUT2D eigenvalue weighted by atomic mass is 35.5. The second-order valence-electron chi connectivity index (χ2n) is 3.48. The van der Waals surface area contributed by atoms with Gasteiger partial charge in [0.25, 0.3) is 0 Å². The Labute approximate surface area is 113 Å². The molecule has 18 heavy (non-hydrogen) atoms. The zero-order valence-corrected chi connectivity index (χ0v) is 11.4. The van der Waals surface area contributed by atoms with Gasteiger partial charge >= 0.3 is 5.97 Å². The van der Waals surface area contributed by atoms with E-state index >= 15 is 0 Å². The summed E-state index contributed by atoms with van der Waals surface area (Å²) in [6.45, 7) is 2.38. The van der Waals surface area contributed by atoms with Crippen molar-refractivity contribution in [3.8, 4) is 11.5 Å². The summed E-state index contributed by atoms with van der Waals surface area (Å²) in [7, 11) is 1.53. The summed E-state index contributed by atoms with van der Waals surface area (Å²) in [4.78, 5) is 11.1. The third-order valence-electron chi connectivity index (χ3n) is 2.41. The lowest BCUT2D eigenvalue weighted by molar-refractivity contribution is 0.0702. The lowest BCUT2D eigenvalue weighted by Crippen LogP contribution is -1.94. The molecule has 0 aliphatic carbocycles. The normalized spacial score (nSPS) is 10.6. The molecule has 2 rings (SSSR count). The van der Waals surface area contributed by atoms with Crippen molar-refractivity contribution in [1.29, 1.82) is 0 Å². The van der Waals surface area contributed by atoms with E-state index in [4.69, 9.17) is 26.2 Å². The third-order valence-corrected chi connectivity index (χ3v) is 4.05. The van der Waals surface area contributed by atoms with Crippen LogP contribution in [0.25, 0.3) is 10.1 Å². The zero-order chi connectivity index (χ0) is 13.3. The number of aromatic carboxylic acids is 1. The number of carbonyl (C=O) groups is 1. The molecule has 0 aliphatic heterocycles. The third kappa shape index (κ3) is 2.11. The van der Waals surface area contributed by atoms with Crippen LogP contribution in [0.3, 0.4) is 0 Å². The zero-order valence-electron chi connectivity index (χ0n) is 9.82. The maximum absolute atomic E-state index is 11.0. The molecule has 0 aliphatic rings. The molecule has 0 radical (unpaired) electrons. The molecular formula is C12H11ClO4S. The Bertz CT molecular complexity index is 606. The van der Waals surface area contributed by atoms with Crippen LogP contribution in [0, 0.1) is 0 Å². The molecule has 0 saturated heterocycles. The largest absolute Gasteiger partial charge is 0.493 e. The fraction of sp³-hybridized carbons (Fsp3) is 0.250. The molecular weight excluding hydrogens is 276 g/mol. The van der Waals surface area contributed by atoms with Gasteiger partial charge in [-0.2, -0.15) is 0 Å². The van der Waals surface area contributed by atoms with Gasteiger partial charge in [0.05, 0.1) is 18.7 Å². The van der Waals surface area contributed by atoms with Crippen LogP contribution in [0.15, 0.2) is 12.1 Å². The van der Waals surface area contributed by atoms with Gasteiger partial charge in [0.1, 0.15) is 4.88 Å². The van der Waals surface area contributed by atoms with Gasteiger partial charge in [0, 0.05) is 16.2 Å². The van der Waals surface area contributed by atoms with Gasteiger partial charge in [0.15, 0.2) is 11.5 Å². The molecule has 1 N–H and O–H groups in total. The second kappa shape index (κ2) is 5.04. The minimum Gasteiger partial charge on any atom is -0.493 e. The van der Waals surface area contributed by atoms with Gasteiger partial charge in [0.2, 0.25) is 0 Å². The van der Waals surface area contributed by atoms with Gasteiger partial charge in [-0.15, -0.1) is 11.3 Å². The molecule has 6 heteroatoms. The molecule has 0 bridgehead atoms. The van der Waals surface area contributed by atoms with E-state index < -0.39 is 5.97 Å². The highest BCUT2D eigenvalue weighted by molar-refractivity contribution is 7.21. The topological polar surface area (TPSA) is 55.8 Å². The van der Waals surface area contributed by atoms with E-state index in [9.17, 15) is 4.79 Å². The van der Waals surface area contributed by atoms with Gasteiger partial charge in [-0.1, -0.05) is 11.6 Å². The van der Waals surface area contributed by atoms with Gasteiger partial charge in [-0.25, -0.2) is 4.79 Å². The van der Waals surface area contributed by atoms with Crippen LogP contribution in [-0.2, 0) is 0 Å². The van der Waals surface area contributed by atoms with E-state index in [1.807, 2.05) is 6.92 Å². The predicted molar refractivity (Wildman–Crippen MR) is 71.5 cm³/mol. The summed E-state index contributed by atoms with van der Waals surface area (Å²) < 4.78 is 11.4. The Morgan fingerprint density at radius 1 is 1.44 bits per heavy atom. The fourth-order valence-corrected chi connectivity index (χ4v) is 2.99. The molecule has 1 heterocycles. The lowest BCUT2D eigenvalue weighted by atomic mass is 10.2. The van der Waals surface area contributed by atoms with Crippen molar-refractivity contribution in [2.45, 2.75) is 6.92 Å². The van der Waals surface area contributed by atoms with Crippen molar-refractivity contribution in [3.05, 3.63) is 22.0 Å². The van der Waals surface area contributed by atoms with Gasteiger partial charge in [-0.3, -0.25) is 0 Å². The van der Waals surface area contributed by atoms with Crippen LogP contribution < -0.4 is 9.47 Å². The molecule has 0 spiro atoms. The van der Waals surface area contributed by atoms with E-state index in [0.717, 1.165) is 16.0 Å². The first kappa shape index (κ1) is 13.0. The van der Waals surface area contributed by atoms with Crippen LogP contribution in [0.5, 0.6) is 11.5 Å². The van der Waals surface area contributed by atoms with Crippen LogP contribution >= 0.6 is 22.9 Å². The molecule has 0 fully saturated rings. The molecule has 1 aromatic carbocycles. The molecule has 0 saturated carbocycles. The Kier molecular flexibility index (Phi) is 3.63. The Hall–Kier alpha value is -1.46. The Balaban J connectivity index is 2.67. The number of methoxy groups -OCH3 is 1. The Morgan fingerprint density at radius 3 is 2.72 bits per heavy atom. The summed E-state index contributed by atoms with van der Waals surface area (Å²) in [6, 6.07) is 3.45. The first-order valence-corrected chi connectivity index (χ1v) is 6.44. The number of hydrogen-bond acceptors (Lipinski definition) is 4. The van der Waals surface area contributed by atoms with E-state index in [1.54, 1.807) is 12.1 Å². The van der Waals surface area contributed by atoms with Gasteiger partial charge < -0.3 is 14.6 Å².